The number of aromatic nitrogens is 2. The van der Waals surface area contributed by atoms with Gasteiger partial charge in [-0.1, -0.05) is 11.6 Å². The van der Waals surface area contributed by atoms with Crippen LogP contribution in [0.3, 0.4) is 0 Å². The Morgan fingerprint density at radius 3 is 2.15 bits per heavy atom. The minimum Gasteiger partial charge on any atom is -0.444 e. The standard InChI is InChI=1S/C17H19ClF2N4O2/c1-17(2,3)26-16(25)24-6-4-23(5-7-24)15-14(18)21-12-8-10(19)11(20)9-13(12)22-15/h8-9H,4-7H2,1-3H3. The molecule has 3 rings (SSSR count). The van der Waals surface area contributed by atoms with Gasteiger partial charge in [0.2, 0.25) is 0 Å². The molecule has 1 aliphatic rings. The summed E-state index contributed by atoms with van der Waals surface area (Å²) in [6, 6.07) is 1.96. The van der Waals surface area contributed by atoms with Gasteiger partial charge in [-0.2, -0.15) is 0 Å². The summed E-state index contributed by atoms with van der Waals surface area (Å²) < 4.78 is 32.1. The first-order chi connectivity index (χ1) is 12.1. The molecule has 0 spiro atoms. The minimum atomic E-state index is -0.999. The first kappa shape index (κ1) is 18.6. The van der Waals surface area contributed by atoms with Crippen molar-refractivity contribution in [3.63, 3.8) is 0 Å². The molecule has 0 bridgehead atoms. The molecular formula is C17H19ClF2N4O2. The molecule has 0 unspecified atom stereocenters. The summed E-state index contributed by atoms with van der Waals surface area (Å²) in [7, 11) is 0. The number of anilines is 1. The van der Waals surface area contributed by atoms with Crippen molar-refractivity contribution in [2.45, 2.75) is 26.4 Å². The number of hydrogen-bond acceptors (Lipinski definition) is 5. The number of hydrogen-bond donors (Lipinski definition) is 0. The Labute approximate surface area is 154 Å². The van der Waals surface area contributed by atoms with E-state index in [4.69, 9.17) is 16.3 Å². The summed E-state index contributed by atoms with van der Waals surface area (Å²) in [4.78, 5) is 24.0. The summed E-state index contributed by atoms with van der Waals surface area (Å²) in [6.45, 7) is 7.26. The SMILES string of the molecule is CC(C)(C)OC(=O)N1CCN(c2nc3cc(F)c(F)cc3nc2Cl)CC1. The molecular weight excluding hydrogens is 366 g/mol. The molecule has 1 saturated heterocycles. The second kappa shape index (κ2) is 6.83. The fraction of sp³-hybridized carbons (Fsp3) is 0.471. The second-order valence-electron chi connectivity index (χ2n) is 7.05. The maximum absolute atomic E-state index is 13.5. The Kier molecular flexibility index (Phi) is 4.88. The zero-order valence-electron chi connectivity index (χ0n) is 14.7. The van der Waals surface area contributed by atoms with Crippen molar-refractivity contribution in [1.29, 1.82) is 0 Å². The van der Waals surface area contributed by atoms with E-state index in [1.165, 1.54) is 0 Å². The number of ether oxygens (including phenoxy) is 1. The summed E-state index contributed by atoms with van der Waals surface area (Å²) in [5.41, 5.74) is -0.149. The molecule has 1 aliphatic heterocycles. The van der Waals surface area contributed by atoms with Gasteiger partial charge in [0.05, 0.1) is 11.0 Å². The topological polar surface area (TPSA) is 58.6 Å². The number of halogens is 3. The van der Waals surface area contributed by atoms with E-state index < -0.39 is 17.2 Å². The Morgan fingerprint density at radius 1 is 1.08 bits per heavy atom. The first-order valence-corrected chi connectivity index (χ1v) is 8.57. The van der Waals surface area contributed by atoms with Crippen molar-refractivity contribution < 1.29 is 18.3 Å². The third-order valence-corrected chi connectivity index (χ3v) is 4.13. The highest BCUT2D eigenvalue weighted by molar-refractivity contribution is 6.32. The molecule has 0 atom stereocenters. The Morgan fingerprint density at radius 2 is 1.62 bits per heavy atom. The molecule has 0 aliphatic carbocycles. The molecule has 2 heterocycles. The lowest BCUT2D eigenvalue weighted by molar-refractivity contribution is 0.0240. The average Bonchev–Trinajstić information content (AvgIpc) is 2.54. The van der Waals surface area contributed by atoms with Gasteiger partial charge < -0.3 is 14.5 Å². The van der Waals surface area contributed by atoms with Crippen LogP contribution in [-0.4, -0.2) is 52.7 Å². The van der Waals surface area contributed by atoms with Crippen LogP contribution in [0.15, 0.2) is 12.1 Å². The number of carbonyl (C=O) groups is 1. The van der Waals surface area contributed by atoms with Crippen LogP contribution in [0, 0.1) is 11.6 Å². The van der Waals surface area contributed by atoms with Crippen LogP contribution in [0.5, 0.6) is 0 Å². The van der Waals surface area contributed by atoms with Crippen LogP contribution in [0.4, 0.5) is 19.4 Å². The molecule has 1 aromatic heterocycles. The van der Waals surface area contributed by atoms with Crippen molar-refractivity contribution in [1.82, 2.24) is 14.9 Å². The van der Waals surface area contributed by atoms with Gasteiger partial charge in [0.25, 0.3) is 0 Å². The van der Waals surface area contributed by atoms with Crippen LogP contribution in [0.1, 0.15) is 20.8 Å². The van der Waals surface area contributed by atoms with Crippen LogP contribution in [0.2, 0.25) is 5.15 Å². The van der Waals surface area contributed by atoms with Gasteiger partial charge in [0, 0.05) is 38.3 Å². The molecule has 1 fully saturated rings. The van der Waals surface area contributed by atoms with Gasteiger partial charge in [0.1, 0.15) is 5.60 Å². The van der Waals surface area contributed by atoms with E-state index in [0.29, 0.717) is 32.0 Å². The van der Waals surface area contributed by atoms with Crippen LogP contribution in [-0.2, 0) is 4.74 Å². The number of nitrogens with zero attached hydrogens (tertiary/aromatic N) is 4. The highest BCUT2D eigenvalue weighted by atomic mass is 35.5. The first-order valence-electron chi connectivity index (χ1n) is 8.19. The monoisotopic (exact) mass is 384 g/mol. The maximum Gasteiger partial charge on any atom is 0.410 e. The van der Waals surface area contributed by atoms with Gasteiger partial charge in [-0.05, 0) is 20.8 Å². The van der Waals surface area contributed by atoms with Crippen molar-refractivity contribution in [2.24, 2.45) is 0 Å². The van der Waals surface area contributed by atoms with E-state index in [2.05, 4.69) is 9.97 Å². The van der Waals surface area contributed by atoms with Crippen LogP contribution >= 0.6 is 11.6 Å². The predicted molar refractivity (Wildman–Crippen MR) is 94.5 cm³/mol. The maximum atomic E-state index is 13.5. The normalized spacial score (nSPS) is 15.5. The molecule has 2 aromatic rings. The van der Waals surface area contributed by atoms with Crippen LogP contribution < -0.4 is 4.90 Å². The summed E-state index contributed by atoms with van der Waals surface area (Å²) in [5, 5.41) is 0.106. The summed E-state index contributed by atoms with van der Waals surface area (Å²) in [5.74, 6) is -1.61. The van der Waals surface area contributed by atoms with Gasteiger partial charge in [-0.3, -0.25) is 0 Å². The number of fused-ring (bicyclic) bond motifs is 1. The Balaban J connectivity index is 1.76. The minimum absolute atomic E-state index is 0.106. The number of carbonyl (C=O) groups excluding carboxylic acids is 1. The van der Waals surface area contributed by atoms with E-state index in [0.717, 1.165) is 12.1 Å². The number of rotatable bonds is 1. The lowest BCUT2D eigenvalue weighted by Gasteiger charge is -2.36. The highest BCUT2D eigenvalue weighted by Gasteiger charge is 2.27. The summed E-state index contributed by atoms with van der Waals surface area (Å²) in [6.07, 6.45) is -0.370. The highest BCUT2D eigenvalue weighted by Crippen LogP contribution is 2.27. The smallest absolute Gasteiger partial charge is 0.410 e. The van der Waals surface area contributed by atoms with Crippen molar-refractivity contribution in [2.75, 3.05) is 31.1 Å². The van der Waals surface area contributed by atoms with Crippen molar-refractivity contribution in [3.8, 4) is 0 Å². The molecule has 1 amide bonds. The summed E-state index contributed by atoms with van der Waals surface area (Å²) >= 11 is 6.18. The zero-order chi connectivity index (χ0) is 19.1. The van der Waals surface area contributed by atoms with Gasteiger partial charge >= 0.3 is 6.09 Å². The molecule has 6 nitrogen and oxygen atoms in total. The van der Waals surface area contributed by atoms with Crippen LogP contribution in [0.25, 0.3) is 11.0 Å². The predicted octanol–water partition coefficient (Wildman–Crippen LogP) is 3.62. The number of piperazine rings is 1. The van der Waals surface area contributed by atoms with E-state index in [9.17, 15) is 13.6 Å². The van der Waals surface area contributed by atoms with E-state index >= 15 is 0 Å². The zero-order valence-corrected chi connectivity index (χ0v) is 15.5. The molecule has 0 saturated carbocycles. The van der Waals surface area contributed by atoms with Gasteiger partial charge in [-0.15, -0.1) is 0 Å². The van der Waals surface area contributed by atoms with Crippen molar-refractivity contribution in [3.05, 3.63) is 28.9 Å². The molecule has 9 heteroatoms. The molecule has 0 radical (unpaired) electrons. The third-order valence-electron chi connectivity index (χ3n) is 3.88. The van der Waals surface area contributed by atoms with Crippen molar-refractivity contribution >= 4 is 34.5 Å². The Bertz CT molecular complexity index is 849. The quantitative estimate of drug-likeness (QED) is 0.751. The van der Waals surface area contributed by atoms with Gasteiger partial charge in [-0.25, -0.2) is 23.5 Å². The van der Waals surface area contributed by atoms with E-state index in [1.807, 2.05) is 25.7 Å². The lowest BCUT2D eigenvalue weighted by atomic mass is 10.2. The number of benzene rings is 1. The largest absolute Gasteiger partial charge is 0.444 e. The second-order valence-corrected chi connectivity index (χ2v) is 7.41. The molecule has 1 aromatic carbocycles. The average molecular weight is 385 g/mol. The molecule has 140 valence electrons. The van der Waals surface area contributed by atoms with E-state index in [-0.39, 0.29) is 22.3 Å². The number of amides is 1. The van der Waals surface area contributed by atoms with E-state index in [1.54, 1.807) is 4.90 Å². The fourth-order valence-electron chi connectivity index (χ4n) is 2.65. The Hall–Kier alpha value is -2.22. The van der Waals surface area contributed by atoms with Gasteiger partial charge in [0.15, 0.2) is 22.6 Å². The fourth-order valence-corrected chi connectivity index (χ4v) is 2.90. The molecule has 26 heavy (non-hydrogen) atoms. The lowest BCUT2D eigenvalue weighted by Crippen LogP contribution is -2.50. The third kappa shape index (κ3) is 3.95. The molecule has 0 N–H and O–H groups in total.